The minimum absolute atomic E-state index is 0.0481. The predicted molar refractivity (Wildman–Crippen MR) is 99.9 cm³/mol. The SMILES string of the molecule is CN(C)C(=O)[C@H]1C[C@@H](n2cc(Br)c3c(Cl)ncnc32)[C@@H]2OC(C)(C)O[C@@H]21. The van der Waals surface area contributed by atoms with Gasteiger partial charge in [-0.1, -0.05) is 11.6 Å². The van der Waals surface area contributed by atoms with Crippen molar-refractivity contribution < 1.29 is 14.3 Å². The highest BCUT2D eigenvalue weighted by Gasteiger charge is 2.57. The number of fused-ring (bicyclic) bond motifs is 2. The van der Waals surface area contributed by atoms with Crippen LogP contribution in [0.1, 0.15) is 26.3 Å². The first kappa shape index (κ1) is 18.2. The number of aromatic nitrogens is 3. The molecule has 2 fully saturated rings. The number of carbonyl (C=O) groups is 1. The van der Waals surface area contributed by atoms with E-state index in [9.17, 15) is 4.79 Å². The quantitative estimate of drug-likeness (QED) is 0.667. The highest BCUT2D eigenvalue weighted by atomic mass is 79.9. The second kappa shape index (κ2) is 6.15. The van der Waals surface area contributed by atoms with Crippen LogP contribution in [-0.2, 0) is 14.3 Å². The monoisotopic (exact) mass is 442 g/mol. The first-order valence-corrected chi connectivity index (χ1v) is 9.60. The van der Waals surface area contributed by atoms with Crippen LogP contribution in [0.25, 0.3) is 11.0 Å². The van der Waals surface area contributed by atoms with Gasteiger partial charge in [0.15, 0.2) is 5.79 Å². The van der Waals surface area contributed by atoms with Crippen LogP contribution >= 0.6 is 27.5 Å². The Morgan fingerprint density at radius 3 is 2.73 bits per heavy atom. The summed E-state index contributed by atoms with van der Waals surface area (Å²) in [5, 5.41) is 1.14. The van der Waals surface area contributed by atoms with Gasteiger partial charge in [-0.05, 0) is 36.2 Å². The van der Waals surface area contributed by atoms with Crippen molar-refractivity contribution in [3.05, 3.63) is 22.1 Å². The highest BCUT2D eigenvalue weighted by Crippen LogP contribution is 2.48. The third-order valence-corrected chi connectivity index (χ3v) is 5.95. The first-order chi connectivity index (χ1) is 12.2. The molecule has 0 radical (unpaired) electrons. The van der Waals surface area contributed by atoms with E-state index in [2.05, 4.69) is 25.9 Å². The molecule has 2 aliphatic rings. The van der Waals surface area contributed by atoms with Gasteiger partial charge in [-0.25, -0.2) is 9.97 Å². The summed E-state index contributed by atoms with van der Waals surface area (Å²) in [5.74, 6) is -0.951. The fraction of sp³-hybridized carbons (Fsp3) is 0.588. The van der Waals surface area contributed by atoms with Crippen LogP contribution < -0.4 is 0 Å². The lowest BCUT2D eigenvalue weighted by Crippen LogP contribution is -2.37. The van der Waals surface area contributed by atoms with Crippen molar-refractivity contribution in [3.8, 4) is 0 Å². The number of carbonyl (C=O) groups excluding carboxylic acids is 1. The molecule has 4 rings (SSSR count). The Morgan fingerprint density at radius 1 is 1.35 bits per heavy atom. The Morgan fingerprint density at radius 2 is 2.04 bits per heavy atom. The molecule has 1 aliphatic carbocycles. The Kier molecular flexibility index (Phi) is 4.30. The van der Waals surface area contributed by atoms with Gasteiger partial charge in [0.25, 0.3) is 0 Å². The molecular formula is C17H20BrClN4O3. The lowest BCUT2D eigenvalue weighted by atomic mass is 10.0. The molecule has 2 aromatic heterocycles. The summed E-state index contributed by atoms with van der Waals surface area (Å²) in [6.45, 7) is 3.75. The number of amides is 1. The van der Waals surface area contributed by atoms with Gasteiger partial charge in [0.1, 0.15) is 29.3 Å². The zero-order valence-corrected chi connectivity index (χ0v) is 17.3. The van der Waals surface area contributed by atoms with Crippen molar-refractivity contribution in [1.29, 1.82) is 0 Å². The minimum atomic E-state index is -0.730. The maximum atomic E-state index is 12.7. The molecule has 0 spiro atoms. The van der Waals surface area contributed by atoms with Crippen LogP contribution in [0.5, 0.6) is 0 Å². The second-order valence-corrected chi connectivity index (χ2v) is 8.67. The molecule has 7 nitrogen and oxygen atoms in total. The molecule has 9 heteroatoms. The largest absolute Gasteiger partial charge is 0.348 e. The molecule has 1 saturated heterocycles. The minimum Gasteiger partial charge on any atom is -0.348 e. The number of hydrogen-bond acceptors (Lipinski definition) is 5. The summed E-state index contributed by atoms with van der Waals surface area (Å²) in [6, 6.07) is -0.0876. The zero-order valence-electron chi connectivity index (χ0n) is 14.9. The first-order valence-electron chi connectivity index (χ1n) is 8.43. The molecule has 0 aromatic carbocycles. The third-order valence-electron chi connectivity index (χ3n) is 5.07. The van der Waals surface area contributed by atoms with Crippen molar-refractivity contribution >= 4 is 44.5 Å². The van der Waals surface area contributed by atoms with Gasteiger partial charge < -0.3 is 18.9 Å². The summed E-state index contributed by atoms with van der Waals surface area (Å²) in [4.78, 5) is 22.8. The van der Waals surface area contributed by atoms with E-state index in [1.807, 2.05) is 24.6 Å². The maximum absolute atomic E-state index is 12.7. The van der Waals surface area contributed by atoms with E-state index >= 15 is 0 Å². The van der Waals surface area contributed by atoms with Gasteiger partial charge in [-0.2, -0.15) is 0 Å². The van der Waals surface area contributed by atoms with E-state index in [1.165, 1.54) is 6.33 Å². The predicted octanol–water partition coefficient (Wildman–Crippen LogP) is 3.02. The molecule has 4 atom stereocenters. The molecule has 1 amide bonds. The standard InChI is InChI=1S/C17H20BrClN4O3/c1-17(2)25-12-8(16(24)22(3)4)5-10(13(12)26-17)23-6-9(18)11-14(19)20-7-21-15(11)23/h6-8,10,12-13H,5H2,1-4H3/t8-,10+,12+,13-/m0/s1. The third kappa shape index (κ3) is 2.74. The van der Waals surface area contributed by atoms with E-state index in [4.69, 9.17) is 21.1 Å². The van der Waals surface area contributed by atoms with Gasteiger partial charge in [0.2, 0.25) is 5.91 Å². The molecule has 3 heterocycles. The summed E-state index contributed by atoms with van der Waals surface area (Å²) in [7, 11) is 3.53. The van der Waals surface area contributed by atoms with Gasteiger partial charge in [-0.3, -0.25) is 4.79 Å². The van der Waals surface area contributed by atoms with Gasteiger partial charge in [-0.15, -0.1) is 0 Å². The second-order valence-electron chi connectivity index (χ2n) is 7.45. The smallest absolute Gasteiger partial charge is 0.227 e. The molecule has 26 heavy (non-hydrogen) atoms. The average Bonchev–Trinajstić information content (AvgIpc) is 3.16. The van der Waals surface area contributed by atoms with Crippen molar-refractivity contribution in [3.63, 3.8) is 0 Å². The van der Waals surface area contributed by atoms with Crippen LogP contribution in [0.3, 0.4) is 0 Å². The summed E-state index contributed by atoms with van der Waals surface area (Å²) >= 11 is 9.79. The molecule has 0 N–H and O–H groups in total. The Labute approximate surface area is 164 Å². The van der Waals surface area contributed by atoms with Crippen molar-refractivity contribution in [1.82, 2.24) is 19.4 Å². The van der Waals surface area contributed by atoms with Crippen molar-refractivity contribution in [2.24, 2.45) is 5.92 Å². The number of rotatable bonds is 2. The zero-order chi connectivity index (χ0) is 18.8. The van der Waals surface area contributed by atoms with Crippen molar-refractivity contribution in [2.45, 2.75) is 44.3 Å². The Bertz CT molecular complexity index is 884. The highest BCUT2D eigenvalue weighted by molar-refractivity contribution is 9.10. The summed E-state index contributed by atoms with van der Waals surface area (Å²) in [5.41, 5.74) is 0.715. The molecule has 1 aliphatic heterocycles. The molecule has 2 aromatic rings. The van der Waals surface area contributed by atoms with E-state index in [-0.39, 0.29) is 30.1 Å². The van der Waals surface area contributed by atoms with Crippen LogP contribution in [0.4, 0.5) is 0 Å². The van der Waals surface area contributed by atoms with Crippen molar-refractivity contribution in [2.75, 3.05) is 14.1 Å². The van der Waals surface area contributed by atoms with Crippen LogP contribution in [0.15, 0.2) is 17.0 Å². The fourth-order valence-corrected chi connectivity index (χ4v) is 4.99. The number of halogens is 2. The molecular weight excluding hydrogens is 424 g/mol. The van der Waals surface area contributed by atoms with Crippen LogP contribution in [0.2, 0.25) is 5.15 Å². The van der Waals surface area contributed by atoms with E-state index in [0.717, 1.165) is 9.86 Å². The molecule has 140 valence electrons. The Balaban J connectivity index is 1.80. The number of nitrogens with zero attached hydrogens (tertiary/aromatic N) is 4. The topological polar surface area (TPSA) is 69.5 Å². The van der Waals surface area contributed by atoms with Crippen LogP contribution in [0, 0.1) is 5.92 Å². The molecule has 0 bridgehead atoms. The normalized spacial score (nSPS) is 29.9. The summed E-state index contributed by atoms with van der Waals surface area (Å²) in [6.07, 6.45) is 3.46. The average molecular weight is 444 g/mol. The Hall–Kier alpha value is -1.22. The van der Waals surface area contributed by atoms with Crippen LogP contribution in [-0.4, -0.2) is 57.4 Å². The number of hydrogen-bond donors (Lipinski definition) is 0. The maximum Gasteiger partial charge on any atom is 0.227 e. The van der Waals surface area contributed by atoms with Gasteiger partial charge in [0.05, 0.1) is 17.3 Å². The molecule has 0 unspecified atom stereocenters. The molecule has 1 saturated carbocycles. The fourth-order valence-electron chi connectivity index (χ4n) is 4.06. The summed E-state index contributed by atoms with van der Waals surface area (Å²) < 4.78 is 15.1. The lowest BCUT2D eigenvalue weighted by molar-refractivity contribution is -0.165. The van der Waals surface area contributed by atoms with E-state index in [0.29, 0.717) is 17.2 Å². The van der Waals surface area contributed by atoms with Gasteiger partial charge in [0, 0.05) is 24.8 Å². The van der Waals surface area contributed by atoms with E-state index < -0.39 is 5.79 Å². The van der Waals surface area contributed by atoms with E-state index in [1.54, 1.807) is 19.0 Å². The lowest BCUT2D eigenvalue weighted by Gasteiger charge is -2.25. The van der Waals surface area contributed by atoms with Gasteiger partial charge >= 0.3 is 0 Å². The number of ether oxygens (including phenoxy) is 2.